The van der Waals surface area contributed by atoms with Gasteiger partial charge in [-0.15, -0.1) is 0 Å². The third-order valence-corrected chi connectivity index (χ3v) is 3.20. The molecule has 0 aromatic heterocycles. The van der Waals surface area contributed by atoms with Crippen molar-refractivity contribution >= 4 is 5.91 Å². The average molecular weight is 305 g/mol. The Morgan fingerprint density at radius 2 is 1.55 bits per heavy atom. The van der Waals surface area contributed by atoms with Gasteiger partial charge in [0.15, 0.2) is 0 Å². The van der Waals surface area contributed by atoms with Crippen LogP contribution in [0.15, 0.2) is 48.5 Å². The minimum atomic E-state index is -0.322. The highest BCUT2D eigenvalue weighted by atomic mass is 19.1. The summed E-state index contributed by atoms with van der Waals surface area (Å²) in [5.41, 5.74) is 0.762. The van der Waals surface area contributed by atoms with Crippen molar-refractivity contribution in [3.63, 3.8) is 0 Å². The van der Waals surface area contributed by atoms with Gasteiger partial charge < -0.3 is 9.64 Å². The predicted molar refractivity (Wildman–Crippen MR) is 79.6 cm³/mol. The number of benzene rings is 2. The van der Waals surface area contributed by atoms with Crippen molar-refractivity contribution in [1.29, 1.82) is 0 Å². The molecule has 2 rings (SSSR count). The second kappa shape index (κ2) is 7.54. The summed E-state index contributed by atoms with van der Waals surface area (Å²) in [6.07, 6.45) is 0.216. The van der Waals surface area contributed by atoms with Crippen LogP contribution in [0.5, 0.6) is 5.75 Å². The normalized spacial score (nSPS) is 10.3. The van der Waals surface area contributed by atoms with E-state index in [2.05, 4.69) is 0 Å². The van der Waals surface area contributed by atoms with Crippen molar-refractivity contribution in [1.82, 2.24) is 4.90 Å². The molecule has 0 radical (unpaired) electrons. The molecule has 0 fully saturated rings. The Kier molecular flexibility index (Phi) is 5.47. The van der Waals surface area contributed by atoms with Crippen LogP contribution in [-0.2, 0) is 11.2 Å². The molecule has 0 atom stereocenters. The molecule has 22 heavy (non-hydrogen) atoms. The van der Waals surface area contributed by atoms with Gasteiger partial charge in [-0.3, -0.25) is 4.79 Å². The highest BCUT2D eigenvalue weighted by Gasteiger charge is 2.09. The molecule has 0 bridgehead atoms. The Bertz CT molecular complexity index is 612. The average Bonchev–Trinajstić information content (AvgIpc) is 2.51. The van der Waals surface area contributed by atoms with Crippen molar-refractivity contribution in [2.75, 3.05) is 20.2 Å². The number of halogens is 2. The number of carbonyl (C=O) groups is 1. The van der Waals surface area contributed by atoms with Gasteiger partial charge in [0, 0.05) is 7.05 Å². The third kappa shape index (κ3) is 4.84. The lowest BCUT2D eigenvalue weighted by molar-refractivity contribution is -0.129. The molecule has 0 spiro atoms. The Labute approximate surface area is 128 Å². The SMILES string of the molecule is CN(CCOc1ccc(F)cc1)C(=O)Cc1ccc(F)cc1. The number of likely N-dealkylation sites (N-methyl/N-ethyl adjacent to an activating group) is 1. The van der Waals surface area contributed by atoms with Crippen molar-refractivity contribution in [2.24, 2.45) is 0 Å². The molecule has 0 aliphatic carbocycles. The third-order valence-electron chi connectivity index (χ3n) is 3.20. The van der Waals surface area contributed by atoms with E-state index in [1.54, 1.807) is 24.1 Å². The van der Waals surface area contributed by atoms with Gasteiger partial charge in [-0.2, -0.15) is 0 Å². The fraction of sp³-hybridized carbons (Fsp3) is 0.235. The minimum Gasteiger partial charge on any atom is -0.492 e. The zero-order valence-corrected chi connectivity index (χ0v) is 12.3. The second-order valence-electron chi connectivity index (χ2n) is 4.92. The van der Waals surface area contributed by atoms with Gasteiger partial charge >= 0.3 is 0 Å². The topological polar surface area (TPSA) is 29.5 Å². The zero-order chi connectivity index (χ0) is 15.9. The minimum absolute atomic E-state index is 0.0747. The van der Waals surface area contributed by atoms with E-state index in [1.807, 2.05) is 0 Å². The Hall–Kier alpha value is -2.43. The van der Waals surface area contributed by atoms with E-state index in [0.717, 1.165) is 5.56 Å². The number of hydrogen-bond acceptors (Lipinski definition) is 2. The molecule has 0 heterocycles. The largest absolute Gasteiger partial charge is 0.492 e. The standard InChI is InChI=1S/C17H17F2NO2/c1-20(10-11-22-16-8-6-15(19)7-9-16)17(21)12-13-2-4-14(18)5-3-13/h2-9H,10-12H2,1H3. The van der Waals surface area contributed by atoms with Gasteiger partial charge in [0.05, 0.1) is 13.0 Å². The second-order valence-corrected chi connectivity index (χ2v) is 4.92. The summed E-state index contributed by atoms with van der Waals surface area (Å²) in [6.45, 7) is 0.731. The summed E-state index contributed by atoms with van der Waals surface area (Å²) in [4.78, 5) is 13.6. The van der Waals surface area contributed by atoms with Gasteiger partial charge in [-0.25, -0.2) is 8.78 Å². The Morgan fingerprint density at radius 1 is 1.00 bits per heavy atom. The van der Waals surface area contributed by atoms with E-state index in [4.69, 9.17) is 4.74 Å². The Morgan fingerprint density at radius 3 is 2.14 bits per heavy atom. The van der Waals surface area contributed by atoms with Crippen LogP contribution in [0.25, 0.3) is 0 Å². The summed E-state index contributed by atoms with van der Waals surface area (Å²) in [6, 6.07) is 11.6. The van der Waals surface area contributed by atoms with Crippen LogP contribution < -0.4 is 4.74 Å². The first-order valence-electron chi connectivity index (χ1n) is 6.91. The first-order chi connectivity index (χ1) is 10.5. The van der Waals surface area contributed by atoms with Crippen LogP contribution in [0.3, 0.4) is 0 Å². The zero-order valence-electron chi connectivity index (χ0n) is 12.3. The first-order valence-corrected chi connectivity index (χ1v) is 6.91. The summed E-state index contributed by atoms with van der Waals surface area (Å²) in [5, 5.41) is 0. The van der Waals surface area contributed by atoms with E-state index in [0.29, 0.717) is 18.9 Å². The number of nitrogens with zero attached hydrogens (tertiary/aromatic N) is 1. The van der Waals surface area contributed by atoms with Gasteiger partial charge in [0.25, 0.3) is 0 Å². The molecule has 0 unspecified atom stereocenters. The number of hydrogen-bond donors (Lipinski definition) is 0. The van der Waals surface area contributed by atoms with Gasteiger partial charge in [0.2, 0.25) is 5.91 Å². The van der Waals surface area contributed by atoms with Crippen LogP contribution in [0.4, 0.5) is 8.78 Å². The monoisotopic (exact) mass is 305 g/mol. The van der Waals surface area contributed by atoms with Crippen LogP contribution in [0.1, 0.15) is 5.56 Å². The summed E-state index contributed by atoms with van der Waals surface area (Å²) >= 11 is 0. The lowest BCUT2D eigenvalue weighted by Crippen LogP contribution is -2.32. The fourth-order valence-corrected chi connectivity index (χ4v) is 1.87. The molecule has 0 N–H and O–H groups in total. The summed E-state index contributed by atoms with van der Waals surface area (Å²) < 4.78 is 31.0. The highest BCUT2D eigenvalue weighted by molar-refractivity contribution is 5.78. The van der Waals surface area contributed by atoms with E-state index >= 15 is 0 Å². The van der Waals surface area contributed by atoms with E-state index in [9.17, 15) is 13.6 Å². The van der Waals surface area contributed by atoms with Crippen LogP contribution >= 0.6 is 0 Å². The number of ether oxygens (including phenoxy) is 1. The maximum atomic E-state index is 12.8. The highest BCUT2D eigenvalue weighted by Crippen LogP contribution is 2.11. The molecule has 0 saturated heterocycles. The van der Waals surface area contributed by atoms with Gasteiger partial charge in [-0.1, -0.05) is 12.1 Å². The Balaban J connectivity index is 1.76. The van der Waals surface area contributed by atoms with Crippen molar-refractivity contribution in [3.8, 4) is 5.75 Å². The smallest absolute Gasteiger partial charge is 0.226 e. The van der Waals surface area contributed by atoms with Gasteiger partial charge in [-0.05, 0) is 42.0 Å². The van der Waals surface area contributed by atoms with Crippen LogP contribution in [-0.4, -0.2) is 31.0 Å². The molecule has 3 nitrogen and oxygen atoms in total. The van der Waals surface area contributed by atoms with Gasteiger partial charge in [0.1, 0.15) is 24.0 Å². The quantitative estimate of drug-likeness (QED) is 0.821. The van der Waals surface area contributed by atoms with Crippen molar-refractivity contribution < 1.29 is 18.3 Å². The van der Waals surface area contributed by atoms with E-state index < -0.39 is 0 Å². The molecule has 1 amide bonds. The maximum absolute atomic E-state index is 12.8. The molecule has 2 aromatic rings. The predicted octanol–water partition coefficient (Wildman–Crippen LogP) is 3.04. The number of amides is 1. The first kappa shape index (κ1) is 15.9. The number of rotatable bonds is 6. The molecule has 116 valence electrons. The van der Waals surface area contributed by atoms with E-state index in [-0.39, 0.29) is 24.0 Å². The van der Waals surface area contributed by atoms with E-state index in [1.165, 1.54) is 36.4 Å². The fourth-order valence-electron chi connectivity index (χ4n) is 1.87. The molecule has 2 aromatic carbocycles. The molecule has 5 heteroatoms. The molecule has 0 aliphatic rings. The van der Waals surface area contributed by atoms with Crippen LogP contribution in [0.2, 0.25) is 0 Å². The molecule has 0 saturated carbocycles. The lowest BCUT2D eigenvalue weighted by Gasteiger charge is -2.17. The maximum Gasteiger partial charge on any atom is 0.226 e. The summed E-state index contributed by atoms with van der Waals surface area (Å²) in [5.74, 6) is -0.161. The van der Waals surface area contributed by atoms with Crippen LogP contribution in [0, 0.1) is 11.6 Å². The summed E-state index contributed by atoms with van der Waals surface area (Å²) in [7, 11) is 1.68. The molecule has 0 aliphatic heterocycles. The lowest BCUT2D eigenvalue weighted by atomic mass is 10.1. The van der Waals surface area contributed by atoms with Crippen molar-refractivity contribution in [3.05, 3.63) is 65.7 Å². The number of carbonyl (C=O) groups excluding carboxylic acids is 1. The molecular weight excluding hydrogens is 288 g/mol. The van der Waals surface area contributed by atoms with Crippen molar-refractivity contribution in [2.45, 2.75) is 6.42 Å². The molecular formula is C17H17F2NO2.